The fourth-order valence-electron chi connectivity index (χ4n) is 4.98. The van der Waals surface area contributed by atoms with Gasteiger partial charge in [0.15, 0.2) is 0 Å². The minimum absolute atomic E-state index is 0.114. The normalized spacial score (nSPS) is 31.5. The van der Waals surface area contributed by atoms with E-state index in [2.05, 4.69) is 0 Å². The maximum Gasteiger partial charge on any atom is 0.309 e. The van der Waals surface area contributed by atoms with E-state index in [1.54, 1.807) is 0 Å². The molecule has 1 saturated carbocycles. The molecule has 188 valence electrons. The minimum atomic E-state index is -0.426. The Morgan fingerprint density at radius 2 is 1.00 bits per heavy atom. The first-order chi connectivity index (χ1) is 16.2. The van der Waals surface area contributed by atoms with Gasteiger partial charge in [-0.15, -0.1) is 0 Å². The number of epoxide rings is 3. The van der Waals surface area contributed by atoms with Crippen LogP contribution in [0, 0.1) is 11.8 Å². The van der Waals surface area contributed by atoms with E-state index in [0.717, 1.165) is 51.7 Å². The molecule has 0 spiro atoms. The summed E-state index contributed by atoms with van der Waals surface area (Å²) in [5.41, 5.74) is 0. The van der Waals surface area contributed by atoms with Crippen molar-refractivity contribution in [2.24, 2.45) is 11.8 Å². The molecule has 0 aromatic carbocycles. The Bertz CT molecular complexity index is 564. The zero-order chi connectivity index (χ0) is 22.9. The summed E-state index contributed by atoms with van der Waals surface area (Å²) in [7, 11) is 0. The second-order valence-electron chi connectivity index (χ2n) is 10.3. The topological polar surface area (TPSA) is 90.2 Å². The third-order valence-corrected chi connectivity index (χ3v) is 7.39. The largest absolute Gasteiger partial charge is 0.465 e. The Morgan fingerprint density at radius 1 is 0.606 bits per heavy atom. The summed E-state index contributed by atoms with van der Waals surface area (Å²) in [5, 5.41) is 0. The summed E-state index contributed by atoms with van der Waals surface area (Å²) in [6.45, 7) is 2.75. The van der Waals surface area contributed by atoms with Crippen molar-refractivity contribution in [2.45, 2.75) is 114 Å². The van der Waals surface area contributed by atoms with Gasteiger partial charge in [-0.05, 0) is 38.5 Å². The van der Waals surface area contributed by atoms with E-state index in [1.807, 2.05) is 0 Å². The summed E-state index contributed by atoms with van der Waals surface area (Å²) in [4.78, 5) is 25.4. The lowest BCUT2D eigenvalue weighted by Gasteiger charge is -2.26. The average Bonchev–Trinajstić information content (AvgIpc) is 3.68. The van der Waals surface area contributed by atoms with E-state index in [-0.39, 0.29) is 24.1 Å². The summed E-state index contributed by atoms with van der Waals surface area (Å²) in [6.07, 6.45) is 15.8. The van der Waals surface area contributed by atoms with Crippen LogP contribution in [0.5, 0.6) is 0 Å². The second-order valence-corrected chi connectivity index (χ2v) is 10.3. The lowest BCUT2D eigenvalue weighted by atomic mass is 9.79. The third-order valence-electron chi connectivity index (χ3n) is 7.39. The highest BCUT2D eigenvalue weighted by Crippen LogP contribution is 2.43. The van der Waals surface area contributed by atoms with E-state index in [4.69, 9.17) is 23.7 Å². The van der Waals surface area contributed by atoms with Crippen LogP contribution < -0.4 is 0 Å². The number of carbonyl (C=O) groups excluding carboxylic acids is 2. The second kappa shape index (κ2) is 13.1. The van der Waals surface area contributed by atoms with Crippen LogP contribution in [0.25, 0.3) is 0 Å². The van der Waals surface area contributed by atoms with E-state index in [9.17, 15) is 9.59 Å². The first kappa shape index (κ1) is 24.9. The predicted octanol–water partition coefficient (Wildman–Crippen LogP) is 4.35. The Labute approximate surface area is 198 Å². The number of carbonyl (C=O) groups is 2. The van der Waals surface area contributed by atoms with Crippen LogP contribution in [-0.4, -0.2) is 62.8 Å². The molecule has 0 aromatic heterocycles. The monoisotopic (exact) mass is 466 g/mol. The molecule has 7 heteroatoms. The van der Waals surface area contributed by atoms with Gasteiger partial charge in [0.25, 0.3) is 0 Å². The van der Waals surface area contributed by atoms with Crippen LogP contribution in [-0.2, 0) is 33.3 Å². The van der Waals surface area contributed by atoms with E-state index in [1.165, 1.54) is 38.5 Å². The standard InChI is InChI=1S/C26H42O7/c27-25(29-13-9-5-1-3-7-11-19-17-31-19)21-15-23-24(33-23)16-22(21)26(28)30-14-10-6-2-4-8-12-20-18-32-20/h19-24H,1-18H2. The van der Waals surface area contributed by atoms with Crippen molar-refractivity contribution in [1.29, 1.82) is 0 Å². The highest BCUT2D eigenvalue weighted by atomic mass is 16.6. The lowest BCUT2D eigenvalue weighted by molar-refractivity contribution is -0.162. The summed E-state index contributed by atoms with van der Waals surface area (Å²) in [5.74, 6) is -1.36. The fraction of sp³-hybridized carbons (Fsp3) is 0.923. The van der Waals surface area contributed by atoms with Gasteiger partial charge in [-0.1, -0.05) is 51.4 Å². The van der Waals surface area contributed by atoms with Crippen molar-refractivity contribution in [2.75, 3.05) is 26.4 Å². The van der Waals surface area contributed by atoms with Crippen LogP contribution >= 0.6 is 0 Å². The molecule has 3 saturated heterocycles. The first-order valence-electron chi connectivity index (χ1n) is 13.4. The SMILES string of the molecule is O=C(OCCCCCCCC1CO1)C1CC2OC2CC1C(=O)OCCCCCCCC1CO1. The molecule has 33 heavy (non-hydrogen) atoms. The van der Waals surface area contributed by atoms with Crippen LogP contribution in [0.3, 0.4) is 0 Å². The lowest BCUT2D eigenvalue weighted by Crippen LogP contribution is -2.37. The minimum Gasteiger partial charge on any atom is -0.465 e. The third kappa shape index (κ3) is 9.18. The molecule has 6 atom stereocenters. The molecule has 6 unspecified atom stereocenters. The van der Waals surface area contributed by atoms with Crippen LogP contribution in [0.15, 0.2) is 0 Å². The molecule has 0 bridgehead atoms. The number of rotatable bonds is 18. The zero-order valence-electron chi connectivity index (χ0n) is 20.0. The molecule has 0 radical (unpaired) electrons. The smallest absolute Gasteiger partial charge is 0.309 e. The zero-order valence-corrected chi connectivity index (χ0v) is 20.0. The van der Waals surface area contributed by atoms with Crippen molar-refractivity contribution in [3.05, 3.63) is 0 Å². The Morgan fingerprint density at radius 3 is 1.42 bits per heavy atom. The van der Waals surface area contributed by atoms with Gasteiger partial charge in [-0.3, -0.25) is 9.59 Å². The quantitative estimate of drug-likeness (QED) is 0.169. The predicted molar refractivity (Wildman–Crippen MR) is 122 cm³/mol. The molecule has 0 aromatic rings. The summed E-state index contributed by atoms with van der Waals surface area (Å²) < 4.78 is 27.2. The molecule has 0 amide bonds. The van der Waals surface area contributed by atoms with Gasteiger partial charge in [0.1, 0.15) is 0 Å². The molecule has 4 fully saturated rings. The first-order valence-corrected chi connectivity index (χ1v) is 13.4. The molecular weight excluding hydrogens is 424 g/mol. The van der Waals surface area contributed by atoms with E-state index >= 15 is 0 Å². The molecule has 3 heterocycles. The van der Waals surface area contributed by atoms with E-state index < -0.39 is 11.8 Å². The van der Waals surface area contributed by atoms with Gasteiger partial charge in [0, 0.05) is 0 Å². The summed E-state index contributed by atoms with van der Waals surface area (Å²) >= 11 is 0. The van der Waals surface area contributed by atoms with Gasteiger partial charge in [0.2, 0.25) is 0 Å². The van der Waals surface area contributed by atoms with Gasteiger partial charge in [-0.25, -0.2) is 0 Å². The van der Waals surface area contributed by atoms with Crippen molar-refractivity contribution in [3.63, 3.8) is 0 Å². The molecule has 7 nitrogen and oxygen atoms in total. The van der Waals surface area contributed by atoms with Crippen molar-refractivity contribution in [1.82, 2.24) is 0 Å². The van der Waals surface area contributed by atoms with Crippen molar-refractivity contribution >= 4 is 11.9 Å². The van der Waals surface area contributed by atoms with Gasteiger partial charge >= 0.3 is 11.9 Å². The molecule has 4 aliphatic rings. The molecule has 0 N–H and O–H groups in total. The number of ether oxygens (including phenoxy) is 5. The molecular formula is C26H42O7. The number of esters is 2. The maximum absolute atomic E-state index is 12.7. The number of unbranched alkanes of at least 4 members (excludes halogenated alkanes) is 8. The highest BCUT2D eigenvalue weighted by Gasteiger charge is 2.53. The van der Waals surface area contributed by atoms with Crippen LogP contribution in [0.1, 0.15) is 89.9 Å². The Balaban J connectivity index is 1.05. The van der Waals surface area contributed by atoms with Gasteiger partial charge in [0.05, 0.1) is 62.7 Å². The molecule has 1 aliphatic carbocycles. The van der Waals surface area contributed by atoms with Crippen LogP contribution in [0.4, 0.5) is 0 Å². The fourth-order valence-corrected chi connectivity index (χ4v) is 4.98. The average molecular weight is 467 g/mol. The number of hydrogen-bond acceptors (Lipinski definition) is 7. The molecule has 3 aliphatic heterocycles. The molecule has 4 rings (SSSR count). The van der Waals surface area contributed by atoms with Crippen LogP contribution in [0.2, 0.25) is 0 Å². The Hall–Kier alpha value is -1.18. The highest BCUT2D eigenvalue weighted by molar-refractivity contribution is 5.82. The number of fused-ring (bicyclic) bond motifs is 1. The van der Waals surface area contributed by atoms with E-state index in [0.29, 0.717) is 38.3 Å². The summed E-state index contributed by atoms with van der Waals surface area (Å²) in [6, 6.07) is 0. The van der Waals surface area contributed by atoms with Crippen molar-refractivity contribution < 1.29 is 33.3 Å². The Kier molecular flexibility index (Phi) is 9.86. The van der Waals surface area contributed by atoms with Gasteiger partial charge in [-0.2, -0.15) is 0 Å². The maximum atomic E-state index is 12.7. The van der Waals surface area contributed by atoms with Gasteiger partial charge < -0.3 is 23.7 Å². The number of hydrogen-bond donors (Lipinski definition) is 0. The van der Waals surface area contributed by atoms with Crippen molar-refractivity contribution in [3.8, 4) is 0 Å².